The summed E-state index contributed by atoms with van der Waals surface area (Å²) in [7, 11) is 1.35. The fraction of sp³-hybridized carbons (Fsp3) is 0.409. The number of hydrogen-bond donors (Lipinski definition) is 1. The summed E-state index contributed by atoms with van der Waals surface area (Å²) < 4.78 is 4.57. The van der Waals surface area contributed by atoms with Crippen molar-refractivity contribution >= 4 is 17.9 Å². The minimum Gasteiger partial charge on any atom is -0.466 e. The number of esters is 1. The van der Waals surface area contributed by atoms with Gasteiger partial charge in [-0.25, -0.2) is 9.78 Å². The van der Waals surface area contributed by atoms with Gasteiger partial charge in [-0.1, -0.05) is 30.3 Å². The Hall–Kier alpha value is -2.73. The Morgan fingerprint density at radius 2 is 2.14 bits per heavy atom. The summed E-state index contributed by atoms with van der Waals surface area (Å²) in [5.41, 5.74) is 2.04. The third-order valence-electron chi connectivity index (χ3n) is 4.90. The molecular weight excluding hydrogens is 352 g/mol. The number of aryl methyl sites for hydroxylation is 1. The van der Waals surface area contributed by atoms with Crippen LogP contribution in [0.1, 0.15) is 30.5 Å². The third-order valence-corrected chi connectivity index (χ3v) is 4.90. The number of carbonyl (C=O) groups is 1. The van der Waals surface area contributed by atoms with Crippen molar-refractivity contribution in [1.29, 1.82) is 0 Å². The van der Waals surface area contributed by atoms with Crippen molar-refractivity contribution in [1.82, 2.24) is 14.9 Å². The van der Waals surface area contributed by atoms with Crippen molar-refractivity contribution in [2.45, 2.75) is 31.7 Å². The Balaban J connectivity index is 1.44. The molecule has 1 fully saturated rings. The predicted molar refractivity (Wildman–Crippen MR) is 111 cm³/mol. The van der Waals surface area contributed by atoms with Gasteiger partial charge in [-0.2, -0.15) is 0 Å². The molecule has 3 rings (SSSR count). The Bertz CT molecular complexity index is 762. The maximum atomic E-state index is 11.1. The van der Waals surface area contributed by atoms with Crippen LogP contribution in [-0.4, -0.2) is 53.6 Å². The van der Waals surface area contributed by atoms with Crippen molar-refractivity contribution in [2.24, 2.45) is 0 Å². The van der Waals surface area contributed by atoms with Gasteiger partial charge in [0.1, 0.15) is 5.82 Å². The normalized spacial score (nSPS) is 17.5. The summed E-state index contributed by atoms with van der Waals surface area (Å²) in [5, 5.41) is 3.49. The van der Waals surface area contributed by atoms with Gasteiger partial charge in [-0.15, -0.1) is 0 Å². The molecule has 0 spiro atoms. The molecule has 28 heavy (non-hydrogen) atoms. The highest BCUT2D eigenvalue weighted by Crippen LogP contribution is 2.15. The highest BCUT2D eigenvalue weighted by atomic mass is 16.5. The molecule has 6 heteroatoms. The molecule has 2 heterocycles. The maximum Gasteiger partial charge on any atom is 0.330 e. The van der Waals surface area contributed by atoms with Crippen LogP contribution in [0.5, 0.6) is 0 Å². The van der Waals surface area contributed by atoms with Gasteiger partial charge in [-0.3, -0.25) is 4.98 Å². The van der Waals surface area contributed by atoms with E-state index in [1.165, 1.54) is 31.6 Å². The van der Waals surface area contributed by atoms with Crippen molar-refractivity contribution in [3.63, 3.8) is 0 Å². The van der Waals surface area contributed by atoms with Crippen LogP contribution in [0.4, 0.5) is 5.82 Å². The van der Waals surface area contributed by atoms with Crippen LogP contribution in [0.15, 0.2) is 48.8 Å². The average molecular weight is 380 g/mol. The molecule has 0 saturated carbocycles. The van der Waals surface area contributed by atoms with Gasteiger partial charge in [0.05, 0.1) is 25.2 Å². The number of benzene rings is 1. The molecule has 148 valence electrons. The Labute approximate surface area is 166 Å². The SMILES string of the molecule is COC(=O)C=Cc1cnc(N[C@@H]2CCCN(CCCc3ccccc3)C2)cn1. The zero-order valence-electron chi connectivity index (χ0n) is 16.4. The number of nitrogens with zero attached hydrogens (tertiary/aromatic N) is 3. The Morgan fingerprint density at radius 1 is 1.29 bits per heavy atom. The first kappa shape index (κ1) is 20.0. The molecule has 0 bridgehead atoms. The van der Waals surface area contributed by atoms with E-state index in [0.717, 1.165) is 38.3 Å². The third kappa shape index (κ3) is 6.46. The van der Waals surface area contributed by atoms with E-state index in [2.05, 4.69) is 55.3 Å². The zero-order valence-corrected chi connectivity index (χ0v) is 16.4. The van der Waals surface area contributed by atoms with Gasteiger partial charge < -0.3 is 15.0 Å². The monoisotopic (exact) mass is 380 g/mol. The lowest BCUT2D eigenvalue weighted by atomic mass is 10.0. The molecule has 1 aliphatic heterocycles. The van der Waals surface area contributed by atoms with E-state index in [4.69, 9.17) is 0 Å². The second-order valence-corrected chi connectivity index (χ2v) is 7.06. The molecule has 1 atom stereocenters. The number of likely N-dealkylation sites (tertiary alicyclic amines) is 1. The van der Waals surface area contributed by atoms with Gasteiger partial charge in [0.15, 0.2) is 0 Å². The minimum atomic E-state index is -0.404. The standard InChI is InChI=1S/C22H28N4O2/c1-28-22(27)12-11-19-15-24-21(16-23-19)25-20-10-6-14-26(17-20)13-5-9-18-7-3-2-4-8-18/h2-4,7-8,11-12,15-16,20H,5-6,9-10,13-14,17H2,1H3,(H,24,25)/t20-/m1/s1. The minimum absolute atomic E-state index is 0.385. The van der Waals surface area contributed by atoms with E-state index in [9.17, 15) is 4.79 Å². The van der Waals surface area contributed by atoms with E-state index in [-0.39, 0.29) is 0 Å². The number of rotatable bonds is 8. The predicted octanol–water partition coefficient (Wildman–Crippen LogP) is 3.17. The van der Waals surface area contributed by atoms with Crippen LogP contribution in [-0.2, 0) is 16.0 Å². The number of carbonyl (C=O) groups excluding carboxylic acids is 1. The quantitative estimate of drug-likeness (QED) is 0.560. The molecule has 2 aromatic rings. The van der Waals surface area contributed by atoms with Gasteiger partial charge in [-0.05, 0) is 50.4 Å². The van der Waals surface area contributed by atoms with E-state index in [1.54, 1.807) is 18.5 Å². The Morgan fingerprint density at radius 3 is 2.89 bits per heavy atom. The molecule has 0 aliphatic carbocycles. The second-order valence-electron chi connectivity index (χ2n) is 7.06. The molecule has 1 saturated heterocycles. The fourth-order valence-corrected chi connectivity index (χ4v) is 3.46. The first-order valence-corrected chi connectivity index (χ1v) is 9.84. The van der Waals surface area contributed by atoms with Crippen LogP contribution in [0.25, 0.3) is 6.08 Å². The highest BCUT2D eigenvalue weighted by Gasteiger charge is 2.19. The topological polar surface area (TPSA) is 67.3 Å². The summed E-state index contributed by atoms with van der Waals surface area (Å²) in [6, 6.07) is 11.1. The largest absolute Gasteiger partial charge is 0.466 e. The summed E-state index contributed by atoms with van der Waals surface area (Å²) in [4.78, 5) is 22.4. The molecule has 1 aliphatic rings. The smallest absolute Gasteiger partial charge is 0.330 e. The van der Waals surface area contributed by atoms with Crippen molar-refractivity contribution in [3.8, 4) is 0 Å². The second kappa shape index (κ2) is 10.6. The molecule has 1 N–H and O–H groups in total. The van der Waals surface area contributed by atoms with E-state index < -0.39 is 5.97 Å². The van der Waals surface area contributed by atoms with Gasteiger partial charge in [0.2, 0.25) is 0 Å². The molecule has 6 nitrogen and oxygen atoms in total. The Kier molecular flexibility index (Phi) is 7.55. The summed E-state index contributed by atoms with van der Waals surface area (Å²) in [5.74, 6) is 0.366. The van der Waals surface area contributed by atoms with Crippen LogP contribution < -0.4 is 5.32 Å². The molecule has 1 aromatic heterocycles. The lowest BCUT2D eigenvalue weighted by Gasteiger charge is -2.33. The number of ether oxygens (including phenoxy) is 1. The first-order chi connectivity index (χ1) is 13.7. The van der Waals surface area contributed by atoms with E-state index in [0.29, 0.717) is 11.7 Å². The van der Waals surface area contributed by atoms with Crippen LogP contribution in [0.3, 0.4) is 0 Å². The first-order valence-electron chi connectivity index (χ1n) is 9.84. The molecule has 1 aromatic carbocycles. The molecule has 0 unspecified atom stereocenters. The number of piperidine rings is 1. The lowest BCUT2D eigenvalue weighted by molar-refractivity contribution is -0.134. The van der Waals surface area contributed by atoms with Crippen molar-refractivity contribution in [2.75, 3.05) is 32.1 Å². The summed E-state index contributed by atoms with van der Waals surface area (Å²) in [6.45, 7) is 3.31. The summed E-state index contributed by atoms with van der Waals surface area (Å²) >= 11 is 0. The molecular formula is C22H28N4O2. The lowest BCUT2D eigenvalue weighted by Crippen LogP contribution is -2.42. The van der Waals surface area contributed by atoms with E-state index >= 15 is 0 Å². The number of nitrogens with one attached hydrogen (secondary N) is 1. The van der Waals surface area contributed by atoms with Gasteiger partial charge in [0.25, 0.3) is 0 Å². The molecule has 0 amide bonds. The summed E-state index contributed by atoms with van der Waals surface area (Å²) in [6.07, 6.45) is 10.9. The van der Waals surface area contributed by atoms with Crippen molar-refractivity contribution < 1.29 is 9.53 Å². The average Bonchev–Trinajstić information content (AvgIpc) is 2.74. The highest BCUT2D eigenvalue weighted by molar-refractivity contribution is 5.86. The maximum absolute atomic E-state index is 11.1. The van der Waals surface area contributed by atoms with Gasteiger partial charge >= 0.3 is 5.97 Å². The van der Waals surface area contributed by atoms with E-state index in [1.807, 2.05) is 0 Å². The number of anilines is 1. The zero-order chi connectivity index (χ0) is 19.6. The van der Waals surface area contributed by atoms with Crippen LogP contribution in [0.2, 0.25) is 0 Å². The van der Waals surface area contributed by atoms with Crippen LogP contribution >= 0.6 is 0 Å². The van der Waals surface area contributed by atoms with Gasteiger partial charge in [0, 0.05) is 18.7 Å². The van der Waals surface area contributed by atoms with Crippen LogP contribution in [0, 0.1) is 0 Å². The number of hydrogen-bond acceptors (Lipinski definition) is 6. The number of aromatic nitrogens is 2. The fourth-order valence-electron chi connectivity index (χ4n) is 3.46. The number of methoxy groups -OCH3 is 1. The van der Waals surface area contributed by atoms with Crippen molar-refractivity contribution in [3.05, 3.63) is 60.1 Å². The molecule has 0 radical (unpaired) electrons.